The summed E-state index contributed by atoms with van der Waals surface area (Å²) in [6, 6.07) is 4.97. The van der Waals surface area contributed by atoms with E-state index >= 15 is 0 Å². The number of hydrogen-bond acceptors (Lipinski definition) is 4. The number of carbonyl (C=O) groups is 2. The number of piperidine rings is 1. The van der Waals surface area contributed by atoms with Crippen LogP contribution in [0.3, 0.4) is 0 Å². The van der Waals surface area contributed by atoms with Crippen LogP contribution in [0.2, 0.25) is 10.0 Å². The number of carbonyl (C=O) groups excluding carboxylic acids is 2. The van der Waals surface area contributed by atoms with E-state index in [1.165, 1.54) is 4.90 Å². The molecule has 3 aliphatic rings. The minimum absolute atomic E-state index is 0.0549. The third-order valence-electron chi connectivity index (χ3n) is 6.32. The van der Waals surface area contributed by atoms with Gasteiger partial charge in [0.2, 0.25) is 0 Å². The Morgan fingerprint density at radius 1 is 1.00 bits per heavy atom. The summed E-state index contributed by atoms with van der Waals surface area (Å²) in [4.78, 5) is 30.5. The molecule has 2 aliphatic heterocycles. The summed E-state index contributed by atoms with van der Waals surface area (Å²) in [6.07, 6.45) is 6.71. The van der Waals surface area contributed by atoms with E-state index in [1.807, 2.05) is 4.90 Å². The van der Waals surface area contributed by atoms with Gasteiger partial charge in [0.05, 0.1) is 10.6 Å². The first-order chi connectivity index (χ1) is 14.0. The predicted molar refractivity (Wildman–Crippen MR) is 113 cm³/mol. The zero-order valence-electron chi connectivity index (χ0n) is 16.4. The summed E-state index contributed by atoms with van der Waals surface area (Å²) in [7, 11) is 0. The number of halogens is 2. The Hall–Kier alpha value is -1.56. The number of aliphatic hydroxyl groups is 1. The van der Waals surface area contributed by atoms with Gasteiger partial charge in [-0.2, -0.15) is 0 Å². The molecule has 1 atom stereocenters. The topological polar surface area (TPSA) is 60.9 Å². The molecule has 1 aromatic rings. The second-order valence-electron chi connectivity index (χ2n) is 8.26. The molecule has 156 valence electrons. The fourth-order valence-corrected chi connectivity index (χ4v) is 5.35. The number of imide groups is 1. The van der Waals surface area contributed by atoms with Crippen molar-refractivity contribution in [3.05, 3.63) is 39.5 Å². The quantitative estimate of drug-likeness (QED) is 0.721. The summed E-state index contributed by atoms with van der Waals surface area (Å²) in [5, 5.41) is 10.5. The van der Waals surface area contributed by atoms with Crippen LogP contribution in [0, 0.1) is 5.92 Å². The van der Waals surface area contributed by atoms with E-state index in [0.717, 1.165) is 44.9 Å². The standard InChI is InChI=1S/C22H26Cl2N2O3/c23-15-8-9-17(18(24)11-15)19-20(25-10-4-5-14(12-25)13-27)22(29)26(21(19)28)16-6-2-1-3-7-16/h8-9,11,14,16,27H,1-7,10,12-13H2. The van der Waals surface area contributed by atoms with Crippen molar-refractivity contribution in [3.63, 3.8) is 0 Å². The van der Waals surface area contributed by atoms with Crippen LogP contribution in [0.5, 0.6) is 0 Å². The maximum atomic E-state index is 13.5. The highest BCUT2D eigenvalue weighted by atomic mass is 35.5. The average Bonchev–Trinajstić information content (AvgIpc) is 2.99. The lowest BCUT2D eigenvalue weighted by Gasteiger charge is -2.35. The molecule has 2 amide bonds. The van der Waals surface area contributed by atoms with Crippen LogP contribution in [-0.2, 0) is 9.59 Å². The average molecular weight is 437 g/mol. The molecule has 5 nitrogen and oxygen atoms in total. The van der Waals surface area contributed by atoms with Gasteiger partial charge in [0.1, 0.15) is 5.70 Å². The molecule has 0 aromatic heterocycles. The van der Waals surface area contributed by atoms with E-state index in [0.29, 0.717) is 40.0 Å². The molecular weight excluding hydrogens is 411 g/mol. The predicted octanol–water partition coefficient (Wildman–Crippen LogP) is 4.11. The summed E-state index contributed by atoms with van der Waals surface area (Å²) in [5.74, 6) is -0.376. The SMILES string of the molecule is O=C1C(c2ccc(Cl)cc2Cl)=C(N2CCCC(CO)C2)C(=O)N1C1CCCCC1. The number of benzene rings is 1. The van der Waals surface area contributed by atoms with Gasteiger partial charge in [-0.25, -0.2) is 0 Å². The molecule has 1 unspecified atom stereocenters. The molecule has 0 spiro atoms. The molecule has 2 fully saturated rings. The molecule has 1 saturated carbocycles. The molecular formula is C22H26Cl2N2O3. The molecule has 0 bridgehead atoms. The molecule has 4 rings (SSSR count). The largest absolute Gasteiger partial charge is 0.396 e. The van der Waals surface area contributed by atoms with Crippen molar-refractivity contribution in [1.82, 2.24) is 9.80 Å². The second kappa shape index (κ2) is 8.66. The van der Waals surface area contributed by atoms with Crippen LogP contribution in [0.4, 0.5) is 0 Å². The Labute approximate surface area is 181 Å². The Morgan fingerprint density at radius 3 is 2.45 bits per heavy atom. The van der Waals surface area contributed by atoms with Gasteiger partial charge in [0, 0.05) is 36.3 Å². The smallest absolute Gasteiger partial charge is 0.278 e. The molecule has 0 radical (unpaired) electrons. The van der Waals surface area contributed by atoms with E-state index in [1.54, 1.807) is 18.2 Å². The highest BCUT2D eigenvalue weighted by molar-refractivity contribution is 6.41. The van der Waals surface area contributed by atoms with Crippen LogP contribution >= 0.6 is 23.2 Å². The summed E-state index contributed by atoms with van der Waals surface area (Å²) < 4.78 is 0. The van der Waals surface area contributed by atoms with Gasteiger partial charge in [-0.15, -0.1) is 0 Å². The van der Waals surface area contributed by atoms with Gasteiger partial charge >= 0.3 is 0 Å². The lowest BCUT2D eigenvalue weighted by molar-refractivity contribution is -0.141. The number of aliphatic hydroxyl groups excluding tert-OH is 1. The molecule has 1 aliphatic carbocycles. The van der Waals surface area contributed by atoms with Crippen molar-refractivity contribution in [3.8, 4) is 0 Å². The zero-order valence-corrected chi connectivity index (χ0v) is 17.9. The summed E-state index contributed by atoms with van der Waals surface area (Å²) >= 11 is 12.5. The van der Waals surface area contributed by atoms with Crippen molar-refractivity contribution in [1.29, 1.82) is 0 Å². The Kier molecular flexibility index (Phi) is 6.19. The van der Waals surface area contributed by atoms with Gasteiger partial charge in [-0.05, 0) is 43.7 Å². The molecule has 2 heterocycles. The molecule has 29 heavy (non-hydrogen) atoms. The first-order valence-electron chi connectivity index (χ1n) is 10.4. The van der Waals surface area contributed by atoms with E-state index in [-0.39, 0.29) is 30.4 Å². The number of hydrogen-bond donors (Lipinski definition) is 1. The minimum atomic E-state index is -0.257. The Balaban J connectivity index is 1.78. The number of rotatable bonds is 4. The molecule has 1 saturated heterocycles. The van der Waals surface area contributed by atoms with Crippen molar-refractivity contribution in [2.24, 2.45) is 5.92 Å². The van der Waals surface area contributed by atoms with Gasteiger partial charge in [-0.1, -0.05) is 48.5 Å². The number of amides is 2. The maximum absolute atomic E-state index is 13.5. The third-order valence-corrected chi connectivity index (χ3v) is 6.87. The molecule has 1 N–H and O–H groups in total. The van der Waals surface area contributed by atoms with Crippen molar-refractivity contribution in [2.45, 2.75) is 51.0 Å². The first kappa shape index (κ1) is 20.7. The van der Waals surface area contributed by atoms with E-state index < -0.39 is 0 Å². The lowest BCUT2D eigenvalue weighted by Crippen LogP contribution is -2.45. The van der Waals surface area contributed by atoms with Crippen LogP contribution in [-0.4, -0.2) is 52.5 Å². The Morgan fingerprint density at radius 2 is 1.76 bits per heavy atom. The summed E-state index contributed by atoms with van der Waals surface area (Å²) in [5.41, 5.74) is 1.36. The van der Waals surface area contributed by atoms with Crippen LogP contribution in [0.25, 0.3) is 5.57 Å². The lowest BCUT2D eigenvalue weighted by atomic mass is 9.94. The highest BCUT2D eigenvalue weighted by Crippen LogP contribution is 2.40. The van der Waals surface area contributed by atoms with Crippen LogP contribution in [0.15, 0.2) is 23.9 Å². The third kappa shape index (κ3) is 3.92. The molecule has 7 heteroatoms. The van der Waals surface area contributed by atoms with Crippen molar-refractivity contribution in [2.75, 3.05) is 19.7 Å². The fourth-order valence-electron chi connectivity index (χ4n) is 4.85. The van der Waals surface area contributed by atoms with Gasteiger partial charge < -0.3 is 10.0 Å². The number of nitrogens with zero attached hydrogens (tertiary/aromatic N) is 2. The van der Waals surface area contributed by atoms with Crippen LogP contribution in [0.1, 0.15) is 50.5 Å². The second-order valence-corrected chi connectivity index (χ2v) is 9.10. The van der Waals surface area contributed by atoms with Gasteiger partial charge in [0.15, 0.2) is 0 Å². The maximum Gasteiger partial charge on any atom is 0.278 e. The highest BCUT2D eigenvalue weighted by Gasteiger charge is 2.46. The van der Waals surface area contributed by atoms with Crippen molar-refractivity contribution < 1.29 is 14.7 Å². The fraction of sp³-hybridized carbons (Fsp3) is 0.545. The Bertz CT molecular complexity index is 848. The van der Waals surface area contributed by atoms with E-state index in [9.17, 15) is 14.7 Å². The zero-order chi connectivity index (χ0) is 20.5. The summed E-state index contributed by atoms with van der Waals surface area (Å²) in [6.45, 7) is 1.34. The monoisotopic (exact) mass is 436 g/mol. The van der Waals surface area contributed by atoms with Crippen molar-refractivity contribution >= 4 is 40.6 Å². The van der Waals surface area contributed by atoms with Gasteiger partial charge in [-0.3, -0.25) is 14.5 Å². The minimum Gasteiger partial charge on any atom is -0.396 e. The van der Waals surface area contributed by atoms with E-state index in [4.69, 9.17) is 23.2 Å². The van der Waals surface area contributed by atoms with Gasteiger partial charge in [0.25, 0.3) is 11.8 Å². The first-order valence-corrected chi connectivity index (χ1v) is 11.2. The normalized spacial score (nSPS) is 24.0. The number of likely N-dealkylation sites (tertiary alicyclic amines) is 1. The molecule has 1 aromatic carbocycles. The van der Waals surface area contributed by atoms with E-state index in [2.05, 4.69) is 0 Å². The van der Waals surface area contributed by atoms with Crippen LogP contribution < -0.4 is 0 Å².